The van der Waals surface area contributed by atoms with Gasteiger partial charge in [-0.05, 0) is 35.6 Å². The third-order valence-corrected chi connectivity index (χ3v) is 2.68. The van der Waals surface area contributed by atoms with Gasteiger partial charge in [0, 0.05) is 0 Å². The van der Waals surface area contributed by atoms with Crippen LogP contribution in [0.1, 0.15) is 23.5 Å². The monoisotopic (exact) mass is 192 g/mol. The smallest absolute Gasteiger partial charge is 0.306 e. The highest BCUT2D eigenvalue weighted by Gasteiger charge is 2.28. The van der Waals surface area contributed by atoms with Gasteiger partial charge in [0.1, 0.15) is 5.75 Å². The Morgan fingerprint density at radius 2 is 2.43 bits per heavy atom. The highest BCUT2D eigenvalue weighted by molar-refractivity contribution is 5.71. The van der Waals surface area contributed by atoms with Gasteiger partial charge < -0.3 is 9.84 Å². The van der Waals surface area contributed by atoms with Crippen molar-refractivity contribution in [2.45, 2.75) is 18.8 Å². The molecule has 0 spiro atoms. The van der Waals surface area contributed by atoms with Gasteiger partial charge in [0.2, 0.25) is 0 Å². The second kappa shape index (κ2) is 3.33. The average molecular weight is 192 g/mol. The number of hydrogen-bond donors (Lipinski definition) is 1. The Morgan fingerprint density at radius 1 is 1.64 bits per heavy atom. The highest BCUT2D eigenvalue weighted by Crippen LogP contribution is 2.39. The van der Waals surface area contributed by atoms with Crippen molar-refractivity contribution in [2.24, 2.45) is 0 Å². The number of phenolic OH excluding ortho intramolecular Hbond substituents is 1. The first-order valence-electron chi connectivity index (χ1n) is 4.59. The number of carbonyl (C=O) groups excluding carboxylic acids is 1. The van der Waals surface area contributed by atoms with E-state index in [1.807, 2.05) is 6.07 Å². The Balaban J connectivity index is 2.11. The summed E-state index contributed by atoms with van der Waals surface area (Å²) >= 11 is 0. The molecule has 1 aliphatic carbocycles. The highest BCUT2D eigenvalue weighted by atomic mass is 16.5. The Bertz CT molecular complexity index is 371. The number of rotatable bonds is 2. The van der Waals surface area contributed by atoms with Crippen LogP contribution < -0.4 is 0 Å². The van der Waals surface area contributed by atoms with Crippen LogP contribution in [0.3, 0.4) is 0 Å². The van der Waals surface area contributed by atoms with E-state index in [1.54, 1.807) is 12.1 Å². The van der Waals surface area contributed by atoms with E-state index in [4.69, 9.17) is 0 Å². The molecule has 0 bridgehead atoms. The minimum absolute atomic E-state index is 0.191. The summed E-state index contributed by atoms with van der Waals surface area (Å²) in [5, 5.41) is 9.26. The molecule has 3 nitrogen and oxygen atoms in total. The molecule has 0 unspecified atom stereocenters. The van der Waals surface area contributed by atoms with E-state index in [2.05, 4.69) is 4.74 Å². The molecule has 74 valence electrons. The molecule has 14 heavy (non-hydrogen) atoms. The number of fused-ring (bicyclic) bond motifs is 1. The summed E-state index contributed by atoms with van der Waals surface area (Å²) in [7, 11) is 1.39. The Morgan fingerprint density at radius 3 is 3.14 bits per heavy atom. The second-order valence-electron chi connectivity index (χ2n) is 3.56. The number of methoxy groups -OCH3 is 1. The SMILES string of the molecule is COC(=O)C[C@@H]1Cc2ccc(O)cc21. The summed E-state index contributed by atoms with van der Waals surface area (Å²) < 4.78 is 4.60. The van der Waals surface area contributed by atoms with Crippen LogP contribution in [-0.4, -0.2) is 18.2 Å². The van der Waals surface area contributed by atoms with Crippen LogP contribution in [-0.2, 0) is 16.0 Å². The zero-order valence-electron chi connectivity index (χ0n) is 7.99. The number of benzene rings is 1. The van der Waals surface area contributed by atoms with Crippen LogP contribution >= 0.6 is 0 Å². The molecule has 1 aliphatic rings. The van der Waals surface area contributed by atoms with E-state index in [0.717, 1.165) is 12.0 Å². The summed E-state index contributed by atoms with van der Waals surface area (Å²) in [5.74, 6) is 0.298. The Kier molecular flexibility index (Phi) is 2.15. The molecule has 0 fully saturated rings. The number of phenols is 1. The van der Waals surface area contributed by atoms with Crippen LogP contribution in [0, 0.1) is 0 Å². The van der Waals surface area contributed by atoms with Crippen molar-refractivity contribution < 1.29 is 14.6 Å². The first-order valence-corrected chi connectivity index (χ1v) is 4.59. The molecular weight excluding hydrogens is 180 g/mol. The summed E-state index contributed by atoms with van der Waals surface area (Å²) in [6.07, 6.45) is 1.32. The molecule has 1 N–H and O–H groups in total. The third-order valence-electron chi connectivity index (χ3n) is 2.68. The van der Waals surface area contributed by atoms with Crippen molar-refractivity contribution in [3.63, 3.8) is 0 Å². The van der Waals surface area contributed by atoms with Crippen molar-refractivity contribution in [1.82, 2.24) is 0 Å². The normalized spacial score (nSPS) is 18.2. The molecule has 0 amide bonds. The minimum atomic E-state index is -0.191. The zero-order valence-corrected chi connectivity index (χ0v) is 7.99. The standard InChI is InChI=1S/C11H12O3/c1-14-11(13)5-8-4-7-2-3-9(12)6-10(7)8/h2-3,6,8,12H,4-5H2,1H3/t8-/m0/s1. The first kappa shape index (κ1) is 9.06. The molecule has 0 heterocycles. The maximum atomic E-state index is 11.0. The fraction of sp³-hybridized carbons (Fsp3) is 0.364. The number of esters is 1. The molecule has 1 atom stereocenters. The summed E-state index contributed by atoms with van der Waals surface area (Å²) in [5.41, 5.74) is 2.30. The number of hydrogen-bond acceptors (Lipinski definition) is 3. The number of ether oxygens (including phenoxy) is 1. The molecular formula is C11H12O3. The van der Waals surface area contributed by atoms with Gasteiger partial charge in [0.25, 0.3) is 0 Å². The molecule has 0 aliphatic heterocycles. The molecule has 1 aromatic carbocycles. The summed E-state index contributed by atoms with van der Waals surface area (Å²) in [6.45, 7) is 0. The lowest BCUT2D eigenvalue weighted by Gasteiger charge is -2.29. The second-order valence-corrected chi connectivity index (χ2v) is 3.56. The quantitative estimate of drug-likeness (QED) is 0.724. The topological polar surface area (TPSA) is 46.5 Å². The van der Waals surface area contributed by atoms with Gasteiger partial charge in [0.05, 0.1) is 13.5 Å². The first-order chi connectivity index (χ1) is 6.70. The van der Waals surface area contributed by atoms with Crippen molar-refractivity contribution in [1.29, 1.82) is 0 Å². The van der Waals surface area contributed by atoms with Gasteiger partial charge in [-0.1, -0.05) is 6.07 Å². The fourth-order valence-electron chi connectivity index (χ4n) is 1.86. The predicted molar refractivity (Wildman–Crippen MR) is 51.2 cm³/mol. The van der Waals surface area contributed by atoms with E-state index >= 15 is 0 Å². The summed E-state index contributed by atoms with van der Waals surface area (Å²) in [6, 6.07) is 5.30. The van der Waals surface area contributed by atoms with Crippen LogP contribution in [0.5, 0.6) is 5.75 Å². The molecule has 0 saturated heterocycles. The van der Waals surface area contributed by atoms with E-state index < -0.39 is 0 Å². The maximum Gasteiger partial charge on any atom is 0.306 e. The van der Waals surface area contributed by atoms with Crippen molar-refractivity contribution in [3.8, 4) is 5.75 Å². The van der Waals surface area contributed by atoms with Crippen LogP contribution in [0.15, 0.2) is 18.2 Å². The van der Waals surface area contributed by atoms with Gasteiger partial charge in [-0.3, -0.25) is 4.79 Å². The lowest BCUT2D eigenvalue weighted by molar-refractivity contribution is -0.141. The molecule has 3 heteroatoms. The van der Waals surface area contributed by atoms with E-state index in [1.165, 1.54) is 12.7 Å². The van der Waals surface area contributed by atoms with Gasteiger partial charge >= 0.3 is 5.97 Å². The predicted octanol–water partition coefficient (Wildman–Crippen LogP) is 1.59. The molecule has 2 rings (SSSR count). The molecule has 0 aromatic heterocycles. The lowest BCUT2D eigenvalue weighted by Crippen LogP contribution is -2.20. The van der Waals surface area contributed by atoms with E-state index in [-0.39, 0.29) is 17.6 Å². The average Bonchev–Trinajstić information content (AvgIpc) is 2.17. The lowest BCUT2D eigenvalue weighted by atomic mass is 9.76. The summed E-state index contributed by atoms with van der Waals surface area (Å²) in [4.78, 5) is 11.0. The molecule has 0 radical (unpaired) electrons. The zero-order chi connectivity index (χ0) is 10.1. The van der Waals surface area contributed by atoms with Crippen LogP contribution in [0.25, 0.3) is 0 Å². The Labute approximate surface area is 82.3 Å². The van der Waals surface area contributed by atoms with Gasteiger partial charge in [-0.25, -0.2) is 0 Å². The van der Waals surface area contributed by atoms with E-state index in [0.29, 0.717) is 6.42 Å². The van der Waals surface area contributed by atoms with Crippen molar-refractivity contribution >= 4 is 5.97 Å². The number of carbonyl (C=O) groups is 1. The van der Waals surface area contributed by atoms with Crippen LogP contribution in [0.2, 0.25) is 0 Å². The van der Waals surface area contributed by atoms with Crippen LogP contribution in [0.4, 0.5) is 0 Å². The molecule has 1 aromatic rings. The van der Waals surface area contributed by atoms with E-state index in [9.17, 15) is 9.90 Å². The van der Waals surface area contributed by atoms with Gasteiger partial charge in [0.15, 0.2) is 0 Å². The molecule has 0 saturated carbocycles. The minimum Gasteiger partial charge on any atom is -0.508 e. The third kappa shape index (κ3) is 1.45. The largest absolute Gasteiger partial charge is 0.508 e. The maximum absolute atomic E-state index is 11.0. The van der Waals surface area contributed by atoms with Gasteiger partial charge in [-0.2, -0.15) is 0 Å². The van der Waals surface area contributed by atoms with Crippen molar-refractivity contribution in [3.05, 3.63) is 29.3 Å². The van der Waals surface area contributed by atoms with Gasteiger partial charge in [-0.15, -0.1) is 0 Å². The van der Waals surface area contributed by atoms with Crippen molar-refractivity contribution in [2.75, 3.05) is 7.11 Å². The fourth-order valence-corrected chi connectivity index (χ4v) is 1.86. The number of aromatic hydroxyl groups is 1. The Hall–Kier alpha value is -1.51.